The number of nitrogens with zero attached hydrogens (tertiary/aromatic N) is 7. The van der Waals surface area contributed by atoms with Crippen LogP contribution in [0.1, 0.15) is 68.7 Å². The molecule has 7 nitrogen and oxygen atoms in total. The van der Waals surface area contributed by atoms with Crippen molar-refractivity contribution < 1.29 is 0 Å². The van der Waals surface area contributed by atoms with Gasteiger partial charge in [0.05, 0.1) is 36.2 Å². The van der Waals surface area contributed by atoms with Gasteiger partial charge in [-0.2, -0.15) is 36.2 Å². The molecule has 0 heterocycles. The zero-order valence-electron chi connectivity index (χ0n) is 17.7. The molecule has 0 aromatic heterocycles. The molecule has 7 heteroatoms. The molecule has 1 unspecified atom stereocenters. The van der Waals surface area contributed by atoms with Crippen LogP contribution in [0.15, 0.2) is 20.5 Å². The van der Waals surface area contributed by atoms with Crippen LogP contribution in [0.25, 0.3) is 0 Å². The van der Waals surface area contributed by atoms with Crippen LogP contribution in [0, 0.1) is 45.8 Å². The fourth-order valence-electron chi connectivity index (χ4n) is 1.38. The minimum Gasteiger partial charge on any atom is -0.198 e. The van der Waals surface area contributed by atoms with Crippen LogP contribution < -0.4 is 0 Å². The predicted molar refractivity (Wildman–Crippen MR) is 102 cm³/mol. The molecule has 0 radical (unpaired) electrons. The lowest BCUT2D eigenvalue weighted by molar-refractivity contribution is 0.467. The fraction of sp³-hybridized carbons (Fsp3) is 0.842. The fourth-order valence-corrected chi connectivity index (χ4v) is 1.38. The Morgan fingerprint density at radius 3 is 1.46 bits per heavy atom. The van der Waals surface area contributed by atoms with E-state index in [-0.39, 0.29) is 11.5 Å². The average Bonchev–Trinajstić information content (AvgIpc) is 2.51. The first-order chi connectivity index (χ1) is 11.7. The second-order valence-corrected chi connectivity index (χ2v) is 8.59. The van der Waals surface area contributed by atoms with Crippen molar-refractivity contribution in [3.8, 4) is 18.2 Å². The highest BCUT2D eigenvalue weighted by molar-refractivity contribution is 5.03. The van der Waals surface area contributed by atoms with Crippen LogP contribution in [0.5, 0.6) is 0 Å². The van der Waals surface area contributed by atoms with E-state index in [2.05, 4.69) is 40.4 Å². The summed E-state index contributed by atoms with van der Waals surface area (Å²) in [5, 5.41) is 41.7. The Bertz CT molecular complexity index is 559. The van der Waals surface area contributed by atoms with Gasteiger partial charge in [0.1, 0.15) is 0 Å². The number of rotatable bonds is 6. The summed E-state index contributed by atoms with van der Waals surface area (Å²) in [6.45, 7) is 17.3. The van der Waals surface area contributed by atoms with Crippen molar-refractivity contribution >= 4 is 0 Å². The highest BCUT2D eigenvalue weighted by atomic mass is 15.2. The topological polar surface area (TPSA) is 121 Å². The zero-order chi connectivity index (χ0) is 21.0. The number of hydrogen-bond acceptors (Lipinski definition) is 7. The summed E-state index contributed by atoms with van der Waals surface area (Å²) in [5.74, 6) is 0.561. The third-order valence-electron chi connectivity index (χ3n) is 2.71. The molecule has 0 saturated carbocycles. The van der Waals surface area contributed by atoms with E-state index in [9.17, 15) is 0 Å². The lowest BCUT2D eigenvalue weighted by Crippen LogP contribution is -2.17. The lowest BCUT2D eigenvalue weighted by atomic mass is 9.99. The largest absolute Gasteiger partial charge is 0.198 e. The lowest BCUT2D eigenvalue weighted by Gasteiger charge is -2.11. The Hall–Kier alpha value is -2.33. The van der Waals surface area contributed by atoms with Crippen LogP contribution in [-0.2, 0) is 0 Å². The van der Waals surface area contributed by atoms with Crippen molar-refractivity contribution in [1.29, 1.82) is 15.8 Å². The maximum Gasteiger partial charge on any atom is 0.162 e. The van der Waals surface area contributed by atoms with E-state index in [0.717, 1.165) is 6.42 Å². The molecule has 0 aliphatic rings. The predicted octanol–water partition coefficient (Wildman–Crippen LogP) is 5.47. The van der Waals surface area contributed by atoms with Gasteiger partial charge >= 0.3 is 0 Å². The number of hydrogen-bond donors (Lipinski definition) is 0. The molecule has 0 rings (SSSR count). The molecule has 0 aliphatic heterocycles. The molecule has 0 aromatic carbocycles. The second kappa shape index (κ2) is 11.3. The number of azo groups is 2. The van der Waals surface area contributed by atoms with E-state index in [1.54, 1.807) is 27.7 Å². The Morgan fingerprint density at radius 1 is 0.769 bits per heavy atom. The summed E-state index contributed by atoms with van der Waals surface area (Å²) >= 11 is 0. The van der Waals surface area contributed by atoms with Gasteiger partial charge in [-0.1, -0.05) is 13.8 Å². The summed E-state index contributed by atoms with van der Waals surface area (Å²) in [7, 11) is 0. The van der Waals surface area contributed by atoms with E-state index >= 15 is 0 Å². The Balaban J connectivity index is 0. The third-order valence-corrected chi connectivity index (χ3v) is 2.71. The standard InChI is InChI=1S/C11H21N3.C8H12N4/c1-9(2)6-10(7-12)8-13-14-11(3,4)5;1-7(2,5-9)11-12-8(3,4)6-10/h9-10H,6,8H2,1-5H3;1-4H3. The Morgan fingerprint density at radius 2 is 1.19 bits per heavy atom. The molecule has 26 heavy (non-hydrogen) atoms. The van der Waals surface area contributed by atoms with Crippen LogP contribution in [-0.4, -0.2) is 23.2 Å². The molecule has 0 aliphatic carbocycles. The van der Waals surface area contributed by atoms with E-state index < -0.39 is 11.1 Å². The van der Waals surface area contributed by atoms with Crippen molar-refractivity contribution in [3.63, 3.8) is 0 Å². The van der Waals surface area contributed by atoms with Gasteiger partial charge in [-0.05, 0) is 60.8 Å². The van der Waals surface area contributed by atoms with Crippen molar-refractivity contribution in [2.75, 3.05) is 6.54 Å². The van der Waals surface area contributed by atoms with Gasteiger partial charge in [-0.3, -0.25) is 0 Å². The SMILES string of the molecule is CC(C)(C#N)N=NC(C)(C)C#N.CC(C)CC(C#N)CN=NC(C)(C)C. The van der Waals surface area contributed by atoms with Gasteiger partial charge in [0.15, 0.2) is 11.1 Å². The third kappa shape index (κ3) is 16.5. The van der Waals surface area contributed by atoms with E-state index in [4.69, 9.17) is 15.8 Å². The molecule has 0 saturated heterocycles. The van der Waals surface area contributed by atoms with Crippen LogP contribution in [0.3, 0.4) is 0 Å². The van der Waals surface area contributed by atoms with Crippen molar-refractivity contribution in [2.45, 2.75) is 85.4 Å². The molecule has 0 fully saturated rings. The number of nitriles is 3. The smallest absolute Gasteiger partial charge is 0.162 e. The van der Waals surface area contributed by atoms with Crippen molar-refractivity contribution in [3.05, 3.63) is 0 Å². The van der Waals surface area contributed by atoms with Crippen LogP contribution in [0.2, 0.25) is 0 Å². The molecule has 0 aromatic rings. The molecular weight excluding hydrogens is 326 g/mol. The second-order valence-electron chi connectivity index (χ2n) is 8.59. The average molecular weight is 360 g/mol. The summed E-state index contributed by atoms with van der Waals surface area (Å²) in [4.78, 5) is 0. The normalized spacial score (nSPS) is 13.7. The minimum absolute atomic E-state index is 0.0149. The summed E-state index contributed by atoms with van der Waals surface area (Å²) in [5.41, 5.74) is -1.81. The Kier molecular flexibility index (Phi) is 11.3. The maximum absolute atomic E-state index is 8.85. The minimum atomic E-state index is -0.839. The van der Waals surface area contributed by atoms with Gasteiger partial charge < -0.3 is 0 Å². The van der Waals surface area contributed by atoms with Crippen LogP contribution in [0.4, 0.5) is 0 Å². The van der Waals surface area contributed by atoms with Gasteiger partial charge in [0, 0.05) is 0 Å². The Labute approximate surface area is 158 Å². The van der Waals surface area contributed by atoms with Crippen LogP contribution >= 0.6 is 0 Å². The van der Waals surface area contributed by atoms with Gasteiger partial charge in [-0.25, -0.2) is 0 Å². The van der Waals surface area contributed by atoms with E-state index in [1.165, 1.54) is 0 Å². The summed E-state index contributed by atoms with van der Waals surface area (Å²) in [6, 6.07) is 6.20. The van der Waals surface area contributed by atoms with Gasteiger partial charge in [0.25, 0.3) is 0 Å². The van der Waals surface area contributed by atoms with E-state index in [1.807, 2.05) is 32.9 Å². The molecular formula is C19H33N7. The van der Waals surface area contributed by atoms with Crippen molar-refractivity contribution in [2.24, 2.45) is 32.3 Å². The first-order valence-corrected chi connectivity index (χ1v) is 8.73. The summed E-state index contributed by atoms with van der Waals surface area (Å²) in [6.07, 6.45) is 0.902. The molecule has 0 bridgehead atoms. The molecule has 0 N–H and O–H groups in total. The summed E-state index contributed by atoms with van der Waals surface area (Å²) < 4.78 is 0. The zero-order valence-corrected chi connectivity index (χ0v) is 17.7. The van der Waals surface area contributed by atoms with E-state index in [0.29, 0.717) is 12.5 Å². The molecule has 0 spiro atoms. The first kappa shape index (κ1) is 25.9. The van der Waals surface area contributed by atoms with Gasteiger partial charge in [-0.15, -0.1) is 0 Å². The monoisotopic (exact) mass is 359 g/mol. The maximum atomic E-state index is 8.85. The highest BCUT2D eigenvalue weighted by Gasteiger charge is 2.19. The van der Waals surface area contributed by atoms with Gasteiger partial charge in [0.2, 0.25) is 0 Å². The quantitative estimate of drug-likeness (QED) is 0.584. The molecule has 0 amide bonds. The highest BCUT2D eigenvalue weighted by Crippen LogP contribution is 2.14. The van der Waals surface area contributed by atoms with Crippen molar-refractivity contribution in [1.82, 2.24) is 0 Å². The molecule has 1 atom stereocenters. The molecule has 144 valence electrons. The first-order valence-electron chi connectivity index (χ1n) is 8.73.